The Morgan fingerprint density at radius 2 is 1.67 bits per heavy atom. The Labute approximate surface area is 112 Å². The Balaban J connectivity index is 0. The SMILES string of the molecule is Br.NC(C(=O)O)[CH](CC(=O)O)[Ge]([Cl])([Cl])[Cl]. The van der Waals surface area contributed by atoms with E-state index in [1.165, 1.54) is 0 Å². The van der Waals surface area contributed by atoms with Gasteiger partial charge in [-0.05, 0) is 0 Å². The number of carboxylic acids is 2. The zero-order chi connectivity index (χ0) is 11.5. The maximum absolute atomic E-state index is 10.5. The van der Waals surface area contributed by atoms with E-state index in [0.717, 1.165) is 0 Å². The van der Waals surface area contributed by atoms with Crippen LogP contribution in [0.4, 0.5) is 0 Å². The fourth-order valence-corrected chi connectivity index (χ4v) is 6.13. The van der Waals surface area contributed by atoms with Crippen LogP contribution >= 0.6 is 47.0 Å². The zero-order valence-corrected chi connectivity index (χ0v) is 13.3. The molecule has 2 atom stereocenters. The minimum absolute atomic E-state index is 0. The number of carboxylic acid groups (broad SMARTS) is 2. The molecule has 90 valence electrons. The number of rotatable bonds is 5. The fourth-order valence-electron chi connectivity index (χ4n) is 0.807. The van der Waals surface area contributed by atoms with Crippen LogP contribution in [0.25, 0.3) is 0 Å². The van der Waals surface area contributed by atoms with Gasteiger partial charge in [0.15, 0.2) is 0 Å². The first kappa shape index (κ1) is 18.2. The number of carbonyl (C=O) groups is 2. The Morgan fingerprint density at radius 3 is 1.87 bits per heavy atom. The number of halogens is 4. The first-order chi connectivity index (χ1) is 6.16. The molecule has 0 aromatic rings. The van der Waals surface area contributed by atoms with Crippen molar-refractivity contribution in [2.24, 2.45) is 5.73 Å². The van der Waals surface area contributed by atoms with Crippen LogP contribution in [0, 0.1) is 0 Å². The fraction of sp³-hybridized carbons (Fsp3) is 0.600. The Hall–Kier alpha value is 0.793. The number of nitrogens with two attached hydrogens (primary N) is 1. The van der Waals surface area contributed by atoms with E-state index < -0.39 is 39.6 Å². The minimum atomic E-state index is -3.94. The van der Waals surface area contributed by atoms with Gasteiger partial charge in [0.25, 0.3) is 0 Å². The van der Waals surface area contributed by atoms with Gasteiger partial charge in [0.05, 0.1) is 0 Å². The van der Waals surface area contributed by atoms with Crippen LogP contribution in [0.15, 0.2) is 0 Å². The molecule has 0 saturated heterocycles. The second-order valence-corrected chi connectivity index (χ2v) is 18.7. The van der Waals surface area contributed by atoms with Gasteiger partial charge in [-0.3, -0.25) is 0 Å². The van der Waals surface area contributed by atoms with Crippen molar-refractivity contribution < 1.29 is 19.8 Å². The van der Waals surface area contributed by atoms with Crippen LogP contribution in [0.2, 0.25) is 4.75 Å². The molecule has 0 rings (SSSR count). The van der Waals surface area contributed by atoms with E-state index in [0.29, 0.717) is 0 Å². The van der Waals surface area contributed by atoms with E-state index >= 15 is 0 Å². The normalized spacial score (nSPS) is 14.9. The average molecular weight is 406 g/mol. The molecule has 0 aliphatic rings. The molecule has 0 aromatic heterocycles. The molecule has 0 bridgehead atoms. The van der Waals surface area contributed by atoms with Crippen molar-refractivity contribution in [3.8, 4) is 0 Å². The summed E-state index contributed by atoms with van der Waals surface area (Å²) in [6.45, 7) is 0. The van der Waals surface area contributed by atoms with Crippen molar-refractivity contribution in [2.45, 2.75) is 17.2 Å². The van der Waals surface area contributed by atoms with Crippen LogP contribution < -0.4 is 5.73 Å². The molecule has 0 spiro atoms. The third-order valence-corrected chi connectivity index (χ3v) is 8.85. The van der Waals surface area contributed by atoms with Crippen molar-refractivity contribution in [1.29, 1.82) is 0 Å². The average Bonchev–Trinajstić information content (AvgIpc) is 1.96. The molecular formula is C5H9BrCl3GeNO4. The Bertz CT molecular complexity index is 249. The first-order valence-corrected chi connectivity index (χ1v) is 12.9. The third-order valence-electron chi connectivity index (χ3n) is 1.53. The van der Waals surface area contributed by atoms with Crippen LogP contribution in [-0.2, 0) is 9.59 Å². The molecule has 0 aliphatic carbocycles. The number of hydrogen-bond acceptors (Lipinski definition) is 3. The summed E-state index contributed by atoms with van der Waals surface area (Å²) < 4.78 is -1.09. The molecule has 5 nitrogen and oxygen atoms in total. The van der Waals surface area contributed by atoms with E-state index in [4.69, 9.17) is 46.0 Å². The van der Waals surface area contributed by atoms with E-state index in [1.807, 2.05) is 0 Å². The molecule has 10 heteroatoms. The first-order valence-electron chi connectivity index (χ1n) is 3.43. The van der Waals surface area contributed by atoms with Gasteiger partial charge in [0, 0.05) is 0 Å². The monoisotopic (exact) mass is 405 g/mol. The molecule has 15 heavy (non-hydrogen) atoms. The van der Waals surface area contributed by atoms with Crippen molar-refractivity contribution in [2.75, 3.05) is 0 Å². The molecule has 0 saturated carbocycles. The van der Waals surface area contributed by atoms with Gasteiger partial charge in [0.2, 0.25) is 0 Å². The quantitative estimate of drug-likeness (QED) is 0.601. The molecule has 0 amide bonds. The van der Waals surface area contributed by atoms with Gasteiger partial charge in [0.1, 0.15) is 0 Å². The van der Waals surface area contributed by atoms with Crippen molar-refractivity contribution in [3.63, 3.8) is 0 Å². The van der Waals surface area contributed by atoms with Crippen LogP contribution in [0.3, 0.4) is 0 Å². The topological polar surface area (TPSA) is 101 Å². The molecule has 0 fully saturated rings. The van der Waals surface area contributed by atoms with Gasteiger partial charge in [-0.1, -0.05) is 0 Å². The molecule has 0 radical (unpaired) electrons. The van der Waals surface area contributed by atoms with Gasteiger partial charge < -0.3 is 0 Å². The summed E-state index contributed by atoms with van der Waals surface area (Å²) in [6, 6.07) is -1.45. The van der Waals surface area contributed by atoms with Crippen molar-refractivity contribution in [1.82, 2.24) is 0 Å². The maximum atomic E-state index is 10.5. The van der Waals surface area contributed by atoms with Crippen LogP contribution in [-0.4, -0.2) is 38.7 Å². The van der Waals surface area contributed by atoms with Gasteiger partial charge >= 0.3 is 95.2 Å². The van der Waals surface area contributed by atoms with Crippen molar-refractivity contribution >= 4 is 69.4 Å². The third kappa shape index (κ3) is 6.85. The van der Waals surface area contributed by atoms with Crippen LogP contribution in [0.1, 0.15) is 6.42 Å². The molecule has 4 N–H and O–H groups in total. The van der Waals surface area contributed by atoms with E-state index in [-0.39, 0.29) is 17.0 Å². The Morgan fingerprint density at radius 1 is 1.27 bits per heavy atom. The van der Waals surface area contributed by atoms with E-state index in [9.17, 15) is 9.59 Å². The Kier molecular flexibility index (Phi) is 8.70. The van der Waals surface area contributed by atoms with Crippen LogP contribution in [0.5, 0.6) is 0 Å². The summed E-state index contributed by atoms with van der Waals surface area (Å²) >= 11 is 0. The zero-order valence-electron chi connectivity index (χ0n) is 7.19. The molecular weight excluding hydrogens is 397 g/mol. The summed E-state index contributed by atoms with van der Waals surface area (Å²) in [7, 11) is 12.8. The van der Waals surface area contributed by atoms with Gasteiger partial charge in [-0.25, -0.2) is 0 Å². The van der Waals surface area contributed by atoms with Crippen molar-refractivity contribution in [3.05, 3.63) is 0 Å². The summed E-state index contributed by atoms with van der Waals surface area (Å²) in [6.07, 6.45) is -0.538. The number of hydrogen-bond donors (Lipinski definition) is 3. The predicted octanol–water partition coefficient (Wildman–Crippen LogP) is 1.48. The summed E-state index contributed by atoms with van der Waals surface area (Å²) in [5.74, 6) is -2.60. The molecule has 2 unspecified atom stereocenters. The summed E-state index contributed by atoms with van der Waals surface area (Å²) in [4.78, 5) is 20.9. The van der Waals surface area contributed by atoms with Gasteiger partial charge in [-0.15, -0.1) is 17.0 Å². The summed E-state index contributed by atoms with van der Waals surface area (Å²) in [5.41, 5.74) is 5.23. The standard InChI is InChI=1S/C5H8Cl3GeNO4.BrH/c6-9(7,8)2(1-3(11)12)4(10)5(13)14;/h2,4H,1,10H2,(H,11,12)(H,13,14);1H. The molecule has 0 heterocycles. The number of aliphatic carboxylic acids is 2. The second-order valence-electron chi connectivity index (χ2n) is 2.61. The van der Waals surface area contributed by atoms with Gasteiger partial charge in [-0.2, -0.15) is 0 Å². The van der Waals surface area contributed by atoms with E-state index in [1.54, 1.807) is 0 Å². The summed E-state index contributed by atoms with van der Waals surface area (Å²) in [5, 5.41) is 17.0. The van der Waals surface area contributed by atoms with E-state index in [2.05, 4.69) is 0 Å². The molecule has 0 aliphatic heterocycles. The predicted molar refractivity (Wildman–Crippen MR) is 65.2 cm³/mol. The molecule has 0 aromatic carbocycles. The second kappa shape index (κ2) is 7.18.